The van der Waals surface area contributed by atoms with E-state index >= 15 is 0 Å². The van der Waals surface area contributed by atoms with E-state index in [4.69, 9.17) is 9.84 Å². The molecule has 0 atom stereocenters. The van der Waals surface area contributed by atoms with Crippen molar-refractivity contribution in [2.75, 3.05) is 19.8 Å². The summed E-state index contributed by atoms with van der Waals surface area (Å²) in [6, 6.07) is 6.42. The quantitative estimate of drug-likeness (QED) is 0.671. The predicted octanol–water partition coefficient (Wildman–Crippen LogP) is 1.27. The second-order valence-electron chi connectivity index (χ2n) is 4.13. The Morgan fingerprint density at radius 2 is 2.00 bits per heavy atom. The van der Waals surface area contributed by atoms with Gasteiger partial charge < -0.3 is 9.84 Å². The summed E-state index contributed by atoms with van der Waals surface area (Å²) in [6.45, 7) is 3.29. The molecule has 0 fully saturated rings. The van der Waals surface area contributed by atoms with E-state index in [0.717, 1.165) is 6.42 Å². The number of sulfonamides is 1. The highest BCUT2D eigenvalue weighted by Crippen LogP contribution is 2.14. The summed E-state index contributed by atoms with van der Waals surface area (Å²) in [7, 11) is -3.56. The van der Waals surface area contributed by atoms with E-state index in [1.54, 1.807) is 18.2 Å². The Morgan fingerprint density at radius 3 is 2.68 bits per heavy atom. The topological polar surface area (TPSA) is 75.6 Å². The first kappa shape index (κ1) is 16.1. The summed E-state index contributed by atoms with van der Waals surface area (Å²) >= 11 is 0. The van der Waals surface area contributed by atoms with Crippen molar-refractivity contribution in [1.82, 2.24) is 4.72 Å². The Hall–Kier alpha value is -0.950. The summed E-state index contributed by atoms with van der Waals surface area (Å²) in [5, 5.41) is 9.14. The zero-order valence-electron chi connectivity index (χ0n) is 11.1. The lowest BCUT2D eigenvalue weighted by Crippen LogP contribution is -2.26. The fourth-order valence-corrected chi connectivity index (χ4v) is 2.91. The van der Waals surface area contributed by atoms with Crippen LogP contribution in [-0.2, 0) is 21.4 Å². The second-order valence-corrected chi connectivity index (χ2v) is 5.86. The van der Waals surface area contributed by atoms with Crippen molar-refractivity contribution in [2.24, 2.45) is 0 Å². The van der Waals surface area contributed by atoms with Crippen LogP contribution >= 0.6 is 0 Å². The molecule has 1 rings (SSSR count). The predicted molar refractivity (Wildman–Crippen MR) is 73.3 cm³/mol. The van der Waals surface area contributed by atoms with Gasteiger partial charge in [-0.3, -0.25) is 0 Å². The summed E-state index contributed by atoms with van der Waals surface area (Å²) in [6.07, 6.45) is 1.58. The van der Waals surface area contributed by atoms with Gasteiger partial charge in [0, 0.05) is 19.8 Å². The molecule has 108 valence electrons. The first-order chi connectivity index (χ1) is 9.11. The van der Waals surface area contributed by atoms with Gasteiger partial charge in [-0.2, -0.15) is 0 Å². The maximum atomic E-state index is 12.0. The molecule has 0 unspecified atom stereocenters. The van der Waals surface area contributed by atoms with E-state index in [1.807, 2.05) is 6.92 Å². The standard InChI is InChI=1S/C13H21NO4S/c1-2-9-18-10-5-8-14-19(16,17)13-7-4-3-6-12(13)11-15/h3-4,6-7,14-15H,2,5,8-11H2,1H3. The van der Waals surface area contributed by atoms with E-state index < -0.39 is 10.0 Å². The van der Waals surface area contributed by atoms with Gasteiger partial charge in [-0.15, -0.1) is 0 Å². The number of aliphatic hydroxyl groups is 1. The third-order valence-electron chi connectivity index (χ3n) is 2.54. The van der Waals surface area contributed by atoms with Crippen LogP contribution in [0.5, 0.6) is 0 Å². The van der Waals surface area contributed by atoms with Crippen molar-refractivity contribution < 1.29 is 18.3 Å². The van der Waals surface area contributed by atoms with Crippen LogP contribution in [0.1, 0.15) is 25.3 Å². The average Bonchev–Trinajstić information content (AvgIpc) is 2.42. The van der Waals surface area contributed by atoms with Gasteiger partial charge in [0.1, 0.15) is 0 Å². The maximum Gasteiger partial charge on any atom is 0.240 e. The molecule has 0 bridgehead atoms. The van der Waals surface area contributed by atoms with E-state index in [2.05, 4.69) is 4.72 Å². The molecule has 0 aliphatic heterocycles. The van der Waals surface area contributed by atoms with Crippen LogP contribution in [0, 0.1) is 0 Å². The number of nitrogens with one attached hydrogen (secondary N) is 1. The Balaban J connectivity index is 2.52. The van der Waals surface area contributed by atoms with Crippen LogP contribution in [-0.4, -0.2) is 33.3 Å². The minimum atomic E-state index is -3.56. The minimum absolute atomic E-state index is 0.131. The Morgan fingerprint density at radius 1 is 1.26 bits per heavy atom. The maximum absolute atomic E-state index is 12.0. The molecule has 0 aliphatic carbocycles. The molecule has 0 aromatic heterocycles. The lowest BCUT2D eigenvalue weighted by atomic mass is 10.2. The van der Waals surface area contributed by atoms with Crippen molar-refractivity contribution in [2.45, 2.75) is 31.3 Å². The molecule has 0 saturated carbocycles. The fourth-order valence-electron chi connectivity index (χ4n) is 1.60. The van der Waals surface area contributed by atoms with Crippen LogP contribution < -0.4 is 4.72 Å². The van der Waals surface area contributed by atoms with Crippen molar-refractivity contribution in [3.8, 4) is 0 Å². The molecule has 1 aromatic carbocycles. The van der Waals surface area contributed by atoms with Crippen molar-refractivity contribution in [1.29, 1.82) is 0 Å². The smallest absolute Gasteiger partial charge is 0.240 e. The van der Waals surface area contributed by atoms with E-state index in [1.165, 1.54) is 6.07 Å². The highest BCUT2D eigenvalue weighted by molar-refractivity contribution is 7.89. The highest BCUT2D eigenvalue weighted by Gasteiger charge is 2.16. The third-order valence-corrected chi connectivity index (χ3v) is 4.10. The van der Waals surface area contributed by atoms with E-state index in [0.29, 0.717) is 31.7 Å². The summed E-state index contributed by atoms with van der Waals surface area (Å²) < 4.78 is 31.9. The number of hydrogen-bond acceptors (Lipinski definition) is 4. The third kappa shape index (κ3) is 5.28. The molecule has 0 aliphatic rings. The van der Waals surface area contributed by atoms with Gasteiger partial charge in [0.25, 0.3) is 0 Å². The normalized spacial score (nSPS) is 11.7. The van der Waals surface area contributed by atoms with Gasteiger partial charge in [-0.25, -0.2) is 13.1 Å². The van der Waals surface area contributed by atoms with Gasteiger partial charge >= 0.3 is 0 Å². The molecule has 6 heteroatoms. The zero-order chi connectivity index (χ0) is 14.1. The van der Waals surface area contributed by atoms with Crippen molar-refractivity contribution in [3.05, 3.63) is 29.8 Å². The first-order valence-electron chi connectivity index (χ1n) is 6.38. The highest BCUT2D eigenvalue weighted by atomic mass is 32.2. The molecule has 2 N–H and O–H groups in total. The first-order valence-corrected chi connectivity index (χ1v) is 7.86. The Bertz CT molecular complexity index is 473. The van der Waals surface area contributed by atoms with Gasteiger partial charge in [0.05, 0.1) is 11.5 Å². The number of benzene rings is 1. The molecule has 19 heavy (non-hydrogen) atoms. The van der Waals surface area contributed by atoms with Crippen molar-refractivity contribution in [3.63, 3.8) is 0 Å². The summed E-state index contributed by atoms with van der Waals surface area (Å²) in [5.41, 5.74) is 0.400. The minimum Gasteiger partial charge on any atom is -0.392 e. The second kappa shape index (κ2) is 8.27. The molecule has 0 saturated heterocycles. The lowest BCUT2D eigenvalue weighted by Gasteiger charge is -2.10. The number of aliphatic hydroxyl groups excluding tert-OH is 1. The summed E-state index contributed by atoms with van der Waals surface area (Å²) in [4.78, 5) is 0.131. The Labute approximate surface area is 114 Å². The number of ether oxygens (including phenoxy) is 1. The van der Waals surface area contributed by atoms with E-state index in [-0.39, 0.29) is 11.5 Å². The average molecular weight is 287 g/mol. The Kier molecular flexibility index (Phi) is 7.01. The molecule has 5 nitrogen and oxygen atoms in total. The van der Waals surface area contributed by atoms with Gasteiger partial charge in [-0.05, 0) is 24.5 Å². The molecule has 0 amide bonds. The molecule has 0 spiro atoms. The zero-order valence-corrected chi connectivity index (χ0v) is 11.9. The van der Waals surface area contributed by atoms with Crippen LogP contribution in [0.25, 0.3) is 0 Å². The van der Waals surface area contributed by atoms with Crippen molar-refractivity contribution >= 4 is 10.0 Å². The largest absolute Gasteiger partial charge is 0.392 e. The molecule has 0 radical (unpaired) electrons. The number of rotatable bonds is 9. The van der Waals surface area contributed by atoms with Crippen LogP contribution in [0.3, 0.4) is 0 Å². The van der Waals surface area contributed by atoms with E-state index in [9.17, 15) is 8.42 Å². The number of hydrogen-bond donors (Lipinski definition) is 2. The lowest BCUT2D eigenvalue weighted by molar-refractivity contribution is 0.133. The molecular weight excluding hydrogens is 266 g/mol. The summed E-state index contributed by atoms with van der Waals surface area (Å²) in [5.74, 6) is 0. The fraction of sp³-hybridized carbons (Fsp3) is 0.538. The van der Waals surface area contributed by atoms with Crippen LogP contribution in [0.4, 0.5) is 0 Å². The molecular formula is C13H21NO4S. The van der Waals surface area contributed by atoms with Crippen LogP contribution in [0.15, 0.2) is 29.2 Å². The SMILES string of the molecule is CCCOCCCNS(=O)(=O)c1ccccc1CO. The van der Waals surface area contributed by atoms with Gasteiger partial charge in [0.15, 0.2) is 0 Å². The monoisotopic (exact) mass is 287 g/mol. The molecule has 1 aromatic rings. The van der Waals surface area contributed by atoms with Gasteiger partial charge in [0.2, 0.25) is 10.0 Å². The van der Waals surface area contributed by atoms with Crippen LogP contribution in [0.2, 0.25) is 0 Å². The van der Waals surface area contributed by atoms with Gasteiger partial charge in [-0.1, -0.05) is 25.1 Å². The molecule has 0 heterocycles.